The fourth-order valence-corrected chi connectivity index (χ4v) is 1.15. The van der Waals surface area contributed by atoms with Gasteiger partial charge in [0.2, 0.25) is 0 Å². The average molecular weight is 196 g/mol. The van der Waals surface area contributed by atoms with Gasteiger partial charge >= 0.3 is 5.97 Å². The number of halogens is 1. The lowest BCUT2D eigenvalue weighted by Gasteiger charge is -2.26. The van der Waals surface area contributed by atoms with Gasteiger partial charge in [0.25, 0.3) is 0 Å². The Bertz CT molecular complexity index is 154. The molecule has 1 aliphatic rings. The van der Waals surface area contributed by atoms with Crippen LogP contribution < -0.4 is 5.73 Å². The number of nitrogens with two attached hydrogens (primary N) is 1. The first-order valence-electron chi connectivity index (χ1n) is 3.67. The number of methoxy groups -OCH3 is 1. The topological polar surface area (TPSA) is 61.5 Å². The molecule has 0 amide bonds. The number of hydrogen-bond acceptors (Lipinski definition) is 4. The highest BCUT2D eigenvalue weighted by atomic mass is 35.5. The van der Waals surface area contributed by atoms with Crippen molar-refractivity contribution in [1.82, 2.24) is 0 Å². The quantitative estimate of drug-likeness (QED) is 0.596. The third-order valence-corrected chi connectivity index (χ3v) is 1.91. The van der Waals surface area contributed by atoms with Crippen LogP contribution in [0, 0.1) is 5.92 Å². The SMILES string of the molecule is COC(=O)[C@H]1COCC[C@H]1N.Cl. The Morgan fingerprint density at radius 2 is 2.33 bits per heavy atom. The van der Waals surface area contributed by atoms with E-state index in [1.54, 1.807) is 0 Å². The van der Waals surface area contributed by atoms with Crippen molar-refractivity contribution < 1.29 is 14.3 Å². The average Bonchev–Trinajstić information content (AvgIpc) is 2.04. The smallest absolute Gasteiger partial charge is 0.312 e. The van der Waals surface area contributed by atoms with Crippen LogP contribution in [0.25, 0.3) is 0 Å². The number of hydrogen-bond donors (Lipinski definition) is 1. The molecule has 5 heteroatoms. The number of carbonyl (C=O) groups is 1. The summed E-state index contributed by atoms with van der Waals surface area (Å²) in [5.41, 5.74) is 5.67. The van der Waals surface area contributed by atoms with Gasteiger partial charge < -0.3 is 15.2 Å². The van der Waals surface area contributed by atoms with Gasteiger partial charge in [-0.2, -0.15) is 0 Å². The second-order valence-electron chi connectivity index (χ2n) is 2.66. The maximum atomic E-state index is 11.0. The van der Waals surface area contributed by atoms with Crippen LogP contribution in [0.4, 0.5) is 0 Å². The van der Waals surface area contributed by atoms with E-state index in [2.05, 4.69) is 4.74 Å². The first-order valence-corrected chi connectivity index (χ1v) is 3.67. The van der Waals surface area contributed by atoms with E-state index in [1.807, 2.05) is 0 Å². The van der Waals surface area contributed by atoms with Crippen molar-refractivity contribution in [2.45, 2.75) is 12.5 Å². The molecule has 1 aliphatic heterocycles. The number of esters is 1. The van der Waals surface area contributed by atoms with Gasteiger partial charge in [-0.05, 0) is 6.42 Å². The molecular weight excluding hydrogens is 182 g/mol. The maximum Gasteiger partial charge on any atom is 0.312 e. The zero-order valence-corrected chi connectivity index (χ0v) is 7.80. The van der Waals surface area contributed by atoms with Crippen LogP contribution in [0.5, 0.6) is 0 Å². The molecule has 0 unspecified atom stereocenters. The number of carbonyl (C=O) groups excluding carboxylic acids is 1. The third-order valence-electron chi connectivity index (χ3n) is 1.91. The minimum atomic E-state index is -0.270. The Balaban J connectivity index is 0.00000121. The Morgan fingerprint density at radius 1 is 1.67 bits per heavy atom. The van der Waals surface area contributed by atoms with E-state index in [4.69, 9.17) is 10.5 Å². The molecule has 1 fully saturated rings. The fourth-order valence-electron chi connectivity index (χ4n) is 1.15. The molecule has 0 aliphatic carbocycles. The molecule has 2 atom stereocenters. The van der Waals surface area contributed by atoms with E-state index in [0.29, 0.717) is 13.2 Å². The predicted molar refractivity (Wildman–Crippen MR) is 46.2 cm³/mol. The summed E-state index contributed by atoms with van der Waals surface area (Å²) in [7, 11) is 1.36. The number of rotatable bonds is 1. The predicted octanol–water partition coefficient (Wildman–Crippen LogP) is -0.0550. The lowest BCUT2D eigenvalue weighted by Crippen LogP contribution is -2.43. The summed E-state index contributed by atoms with van der Waals surface area (Å²) >= 11 is 0. The van der Waals surface area contributed by atoms with Crippen LogP contribution in [0.15, 0.2) is 0 Å². The molecule has 0 saturated carbocycles. The van der Waals surface area contributed by atoms with E-state index in [-0.39, 0.29) is 30.3 Å². The molecule has 0 radical (unpaired) electrons. The molecule has 12 heavy (non-hydrogen) atoms. The second-order valence-corrected chi connectivity index (χ2v) is 2.66. The van der Waals surface area contributed by atoms with Crippen LogP contribution in [0.2, 0.25) is 0 Å². The zero-order valence-electron chi connectivity index (χ0n) is 6.99. The molecule has 72 valence electrons. The first-order chi connectivity index (χ1) is 5.25. The molecule has 0 spiro atoms. The highest BCUT2D eigenvalue weighted by Gasteiger charge is 2.29. The van der Waals surface area contributed by atoms with Gasteiger partial charge in [-0.25, -0.2) is 0 Å². The highest BCUT2D eigenvalue weighted by Crippen LogP contribution is 2.13. The van der Waals surface area contributed by atoms with E-state index in [0.717, 1.165) is 6.42 Å². The van der Waals surface area contributed by atoms with Crippen LogP contribution >= 0.6 is 12.4 Å². The fraction of sp³-hybridized carbons (Fsp3) is 0.857. The largest absolute Gasteiger partial charge is 0.469 e. The van der Waals surface area contributed by atoms with Crippen LogP contribution in [0.1, 0.15) is 6.42 Å². The highest BCUT2D eigenvalue weighted by molar-refractivity contribution is 5.85. The normalized spacial score (nSPS) is 28.8. The monoisotopic (exact) mass is 195 g/mol. The van der Waals surface area contributed by atoms with Crippen molar-refractivity contribution in [2.24, 2.45) is 11.7 Å². The summed E-state index contributed by atoms with van der Waals surface area (Å²) in [5, 5.41) is 0. The molecule has 0 aromatic rings. The maximum absolute atomic E-state index is 11.0. The Hall–Kier alpha value is -0.320. The van der Waals surface area contributed by atoms with Gasteiger partial charge in [0.05, 0.1) is 19.6 Å². The molecule has 0 aromatic carbocycles. The minimum Gasteiger partial charge on any atom is -0.469 e. The Morgan fingerprint density at radius 3 is 2.83 bits per heavy atom. The van der Waals surface area contributed by atoms with E-state index in [9.17, 15) is 4.79 Å². The molecule has 0 bridgehead atoms. The molecule has 4 nitrogen and oxygen atoms in total. The summed E-state index contributed by atoms with van der Waals surface area (Å²) in [4.78, 5) is 11.0. The van der Waals surface area contributed by atoms with E-state index < -0.39 is 0 Å². The van der Waals surface area contributed by atoms with Crippen molar-refractivity contribution in [3.05, 3.63) is 0 Å². The van der Waals surface area contributed by atoms with Crippen molar-refractivity contribution >= 4 is 18.4 Å². The standard InChI is InChI=1S/C7H13NO3.ClH/c1-10-7(9)5-4-11-3-2-6(5)8;/h5-6H,2-4,8H2,1H3;1H/t5-,6+;/m0./s1. The first kappa shape index (κ1) is 11.7. The van der Waals surface area contributed by atoms with E-state index >= 15 is 0 Å². The molecule has 1 saturated heterocycles. The summed E-state index contributed by atoms with van der Waals surface area (Å²) in [6, 6.07) is -0.101. The summed E-state index contributed by atoms with van der Waals surface area (Å²) in [5.74, 6) is -0.536. The van der Waals surface area contributed by atoms with Gasteiger partial charge in [-0.1, -0.05) is 0 Å². The Labute approximate surface area is 77.8 Å². The second kappa shape index (κ2) is 5.35. The Kier molecular flexibility index (Phi) is 5.20. The van der Waals surface area contributed by atoms with Crippen LogP contribution in [0.3, 0.4) is 0 Å². The molecular formula is C7H14ClNO3. The van der Waals surface area contributed by atoms with Gasteiger partial charge in [0.15, 0.2) is 0 Å². The summed E-state index contributed by atoms with van der Waals surface area (Å²) < 4.78 is 9.66. The molecule has 0 aromatic heterocycles. The van der Waals surface area contributed by atoms with Gasteiger partial charge in [-0.15, -0.1) is 12.4 Å². The van der Waals surface area contributed by atoms with Crippen LogP contribution in [-0.4, -0.2) is 32.3 Å². The zero-order chi connectivity index (χ0) is 8.27. The van der Waals surface area contributed by atoms with Crippen molar-refractivity contribution in [1.29, 1.82) is 0 Å². The van der Waals surface area contributed by atoms with Gasteiger partial charge in [0.1, 0.15) is 0 Å². The summed E-state index contributed by atoms with van der Waals surface area (Å²) in [6.45, 7) is 1.04. The third kappa shape index (κ3) is 2.62. The van der Waals surface area contributed by atoms with Gasteiger partial charge in [0, 0.05) is 12.6 Å². The molecule has 1 heterocycles. The number of ether oxygens (including phenoxy) is 2. The minimum absolute atomic E-state index is 0. The van der Waals surface area contributed by atoms with Crippen molar-refractivity contribution in [3.8, 4) is 0 Å². The van der Waals surface area contributed by atoms with Gasteiger partial charge in [-0.3, -0.25) is 4.79 Å². The van der Waals surface area contributed by atoms with Crippen LogP contribution in [-0.2, 0) is 14.3 Å². The lowest BCUT2D eigenvalue weighted by molar-refractivity contribution is -0.150. The lowest BCUT2D eigenvalue weighted by atomic mass is 9.97. The van der Waals surface area contributed by atoms with Crippen molar-refractivity contribution in [2.75, 3.05) is 20.3 Å². The summed E-state index contributed by atoms with van der Waals surface area (Å²) in [6.07, 6.45) is 0.736. The van der Waals surface area contributed by atoms with E-state index in [1.165, 1.54) is 7.11 Å². The molecule has 1 rings (SSSR count). The van der Waals surface area contributed by atoms with Crippen molar-refractivity contribution in [3.63, 3.8) is 0 Å². The molecule has 2 N–H and O–H groups in total.